The first kappa shape index (κ1) is 41.7. The zero-order chi connectivity index (χ0) is 38.9. The molecule has 0 aliphatic heterocycles. The molecular weight excluding hydrogens is 673 g/mol. The Kier molecular flexibility index (Phi) is 21.1. The number of nitriles is 1. The first-order valence-corrected chi connectivity index (χ1v) is 16.0. The molecule has 0 atom stereocenters. The molecule has 0 spiro atoms. The van der Waals surface area contributed by atoms with E-state index in [9.17, 15) is 9.59 Å². The van der Waals surface area contributed by atoms with E-state index in [1.807, 2.05) is 18.2 Å². The number of aliphatic imine (C=N–C) groups is 1. The van der Waals surface area contributed by atoms with Crippen molar-refractivity contribution in [2.24, 2.45) is 4.99 Å². The number of Topliss-reactive ketones (excluding diaryl/α,β-unsaturated/α-hetero) is 1. The van der Waals surface area contributed by atoms with E-state index in [1.54, 1.807) is 19.2 Å². The van der Waals surface area contributed by atoms with Crippen molar-refractivity contribution in [3.05, 3.63) is 111 Å². The smallest absolute Gasteiger partial charge is 0.259 e. The van der Waals surface area contributed by atoms with Crippen LogP contribution in [0.15, 0.2) is 105 Å². The Morgan fingerprint density at radius 3 is 1.87 bits per heavy atom. The number of carbonyl (C=O) groups excluding carboxylic acids is 2. The second-order valence-electron chi connectivity index (χ2n) is 9.82. The Hall–Kier alpha value is -8.48. The second kappa shape index (κ2) is 27.4. The highest BCUT2D eigenvalue weighted by molar-refractivity contribution is 6.08. The van der Waals surface area contributed by atoms with Crippen LogP contribution < -0.4 is 20.1 Å². The Morgan fingerprint density at radius 1 is 0.722 bits per heavy atom. The minimum atomic E-state index is -0.444. The molecule has 0 fully saturated rings. The highest BCUT2D eigenvalue weighted by Crippen LogP contribution is 2.31. The molecule has 2 N–H and O–H groups in total. The molecule has 0 aliphatic carbocycles. The van der Waals surface area contributed by atoms with Crippen molar-refractivity contribution < 1.29 is 19.1 Å². The van der Waals surface area contributed by atoms with Crippen LogP contribution in [-0.2, 0) is 0 Å². The SMILES string of the molecule is C=C=C=C=C=C=C=C=C=C=C=C=NCCCOc1cc(C(=O)Nc2ccc(NC)cc2)c(OCCCC#CC#CC#CC#CC#CCC#N)cc1C(C)=O. The maximum Gasteiger partial charge on any atom is 0.259 e. The molecular formula is C46H30N4O4. The molecule has 8 heteroatoms. The lowest BCUT2D eigenvalue weighted by Crippen LogP contribution is -2.16. The lowest BCUT2D eigenvalue weighted by molar-refractivity contribution is 0.0998. The predicted octanol–water partition coefficient (Wildman–Crippen LogP) is 6.45. The molecule has 2 aromatic carbocycles. The molecule has 0 bridgehead atoms. The van der Waals surface area contributed by atoms with Gasteiger partial charge in [0.15, 0.2) is 5.78 Å². The number of nitrogens with one attached hydrogen (secondary N) is 2. The molecule has 2 rings (SSSR count). The number of amides is 1. The lowest BCUT2D eigenvalue weighted by atomic mass is 10.0. The quantitative estimate of drug-likeness (QED) is 0.0817. The normalized spacial score (nSPS) is 7.72. The van der Waals surface area contributed by atoms with Crippen LogP contribution in [0.25, 0.3) is 0 Å². The first-order chi connectivity index (χ1) is 26.5. The van der Waals surface area contributed by atoms with Crippen molar-refractivity contribution in [3.8, 4) is 76.8 Å². The van der Waals surface area contributed by atoms with Gasteiger partial charge in [-0.05, 0) is 127 Å². The number of carbonyl (C=O) groups is 2. The number of hydrogen-bond acceptors (Lipinski definition) is 7. The third kappa shape index (κ3) is 18.3. The Bertz CT molecular complexity index is 2530. The molecule has 258 valence electrons. The van der Waals surface area contributed by atoms with E-state index in [4.69, 9.17) is 14.7 Å². The Labute approximate surface area is 315 Å². The molecule has 2 aromatic rings. The maximum absolute atomic E-state index is 13.5. The predicted molar refractivity (Wildman–Crippen MR) is 207 cm³/mol. The van der Waals surface area contributed by atoms with Crippen molar-refractivity contribution in [2.45, 2.75) is 32.6 Å². The molecule has 8 nitrogen and oxygen atoms in total. The number of anilines is 2. The number of ether oxygens (including phenoxy) is 2. The molecule has 0 saturated heterocycles. The van der Waals surface area contributed by atoms with Crippen LogP contribution in [0.1, 0.15) is 53.3 Å². The third-order valence-corrected chi connectivity index (χ3v) is 6.02. The largest absolute Gasteiger partial charge is 0.493 e. The molecule has 0 aromatic heterocycles. The van der Waals surface area contributed by atoms with E-state index in [-0.39, 0.29) is 48.0 Å². The van der Waals surface area contributed by atoms with Crippen LogP contribution >= 0.6 is 0 Å². The van der Waals surface area contributed by atoms with Crippen molar-refractivity contribution in [3.63, 3.8) is 0 Å². The summed E-state index contributed by atoms with van der Waals surface area (Å²) in [6.07, 6.45) is 1.59. The standard InChI is InChI=1S/C46H30N4O4/c1-4-5-6-7-8-9-16-19-22-25-33-49-34-27-36-54-44-38-43(46(52)50-41-30-28-40(48-3)29-31-41)45(37-42(44)39(2)51)53-35-26-23-20-17-14-12-10-11-13-15-18-21-24-32-47/h28-31,37-38,48H,1,23-24,26-27,34-36H2,2-3H3,(H,50,52). The zero-order valence-electron chi connectivity index (χ0n) is 29.6. The molecule has 0 heterocycles. The van der Waals surface area contributed by atoms with Gasteiger partial charge in [-0.25, -0.2) is 4.99 Å². The van der Waals surface area contributed by atoms with Gasteiger partial charge < -0.3 is 20.1 Å². The van der Waals surface area contributed by atoms with Gasteiger partial charge in [0.1, 0.15) is 11.5 Å². The van der Waals surface area contributed by atoms with E-state index < -0.39 is 5.91 Å². The molecule has 1 amide bonds. The van der Waals surface area contributed by atoms with Gasteiger partial charge >= 0.3 is 0 Å². The van der Waals surface area contributed by atoms with Gasteiger partial charge in [-0.2, -0.15) is 5.26 Å². The van der Waals surface area contributed by atoms with Crippen LogP contribution in [0.2, 0.25) is 0 Å². The summed E-state index contributed by atoms with van der Waals surface area (Å²) in [5.41, 5.74) is 27.0. The number of nitrogens with zero attached hydrogens (tertiary/aromatic N) is 2. The van der Waals surface area contributed by atoms with Crippen LogP contribution in [0.3, 0.4) is 0 Å². The third-order valence-electron chi connectivity index (χ3n) is 6.02. The summed E-state index contributed by atoms with van der Waals surface area (Å²) in [5, 5.41) is 14.3. The summed E-state index contributed by atoms with van der Waals surface area (Å²) in [7, 11) is 1.80. The van der Waals surface area contributed by atoms with Gasteiger partial charge in [0, 0.05) is 65.8 Å². The lowest BCUT2D eigenvalue weighted by Gasteiger charge is -2.16. The van der Waals surface area contributed by atoms with E-state index in [0.29, 0.717) is 31.5 Å². The molecule has 0 radical (unpaired) electrons. The van der Waals surface area contributed by atoms with Gasteiger partial charge in [0.05, 0.1) is 43.4 Å². The van der Waals surface area contributed by atoms with Crippen LogP contribution in [0.5, 0.6) is 11.5 Å². The van der Waals surface area contributed by atoms with Gasteiger partial charge in [-0.15, -0.1) is 0 Å². The Balaban J connectivity index is 2.18. The van der Waals surface area contributed by atoms with E-state index in [1.165, 1.54) is 19.1 Å². The average molecular weight is 703 g/mol. The van der Waals surface area contributed by atoms with Crippen LogP contribution in [-0.4, -0.2) is 44.4 Å². The minimum Gasteiger partial charge on any atom is -0.493 e. The summed E-state index contributed by atoms with van der Waals surface area (Å²) in [6.45, 7) is 5.53. The fourth-order valence-electron chi connectivity index (χ4n) is 3.65. The van der Waals surface area contributed by atoms with E-state index in [0.717, 1.165) is 5.69 Å². The number of benzene rings is 2. The van der Waals surface area contributed by atoms with Crippen molar-refractivity contribution >= 4 is 28.9 Å². The topological polar surface area (TPSA) is 113 Å². The summed E-state index contributed by atoms with van der Waals surface area (Å²) in [4.78, 5) is 30.2. The highest BCUT2D eigenvalue weighted by atomic mass is 16.5. The number of unbranched alkanes of at least 4 members (excludes halogenated alkanes) is 1. The molecule has 0 aliphatic rings. The summed E-state index contributed by atoms with van der Waals surface area (Å²) < 4.78 is 12.0. The maximum atomic E-state index is 13.5. The number of ketones is 1. The highest BCUT2D eigenvalue weighted by Gasteiger charge is 2.20. The van der Waals surface area contributed by atoms with Crippen molar-refractivity contribution in [2.75, 3.05) is 37.4 Å². The molecule has 0 unspecified atom stereocenters. The van der Waals surface area contributed by atoms with Crippen molar-refractivity contribution in [1.29, 1.82) is 5.26 Å². The van der Waals surface area contributed by atoms with Gasteiger partial charge in [-0.1, -0.05) is 17.6 Å². The molecule has 0 saturated carbocycles. The van der Waals surface area contributed by atoms with Crippen LogP contribution in [0.4, 0.5) is 11.4 Å². The van der Waals surface area contributed by atoms with Crippen molar-refractivity contribution in [1.82, 2.24) is 0 Å². The Morgan fingerprint density at radius 2 is 1.26 bits per heavy atom. The van der Waals surface area contributed by atoms with Gasteiger partial charge in [0.2, 0.25) is 0 Å². The van der Waals surface area contributed by atoms with Gasteiger partial charge in [0.25, 0.3) is 5.91 Å². The summed E-state index contributed by atoms with van der Waals surface area (Å²) in [6, 6.07) is 12.1. The number of hydrogen-bond donors (Lipinski definition) is 2. The van der Waals surface area contributed by atoms with E-state index in [2.05, 4.69) is 145 Å². The summed E-state index contributed by atoms with van der Waals surface area (Å²) in [5.74, 6) is 28.3. The minimum absolute atomic E-state index is 0.115. The second-order valence-corrected chi connectivity index (χ2v) is 9.82. The fraction of sp³-hybridized carbons (Fsp3) is 0.196. The fourth-order valence-corrected chi connectivity index (χ4v) is 3.65. The zero-order valence-corrected chi connectivity index (χ0v) is 29.6. The van der Waals surface area contributed by atoms with Gasteiger partial charge in [-0.3, -0.25) is 9.59 Å². The average Bonchev–Trinajstić information content (AvgIpc) is 3.18. The first-order valence-electron chi connectivity index (χ1n) is 16.0. The van der Waals surface area contributed by atoms with E-state index >= 15 is 0 Å². The number of rotatable bonds is 13. The monoisotopic (exact) mass is 702 g/mol. The van der Waals surface area contributed by atoms with Crippen LogP contribution in [0, 0.1) is 70.5 Å². The summed E-state index contributed by atoms with van der Waals surface area (Å²) >= 11 is 0. The molecule has 54 heavy (non-hydrogen) atoms.